The van der Waals surface area contributed by atoms with Crippen molar-refractivity contribution in [3.8, 4) is 0 Å². The minimum Gasteiger partial charge on any atom is -0.218 e. The Bertz CT molecular complexity index is 128. The lowest BCUT2D eigenvalue weighted by Crippen LogP contribution is -2.45. The van der Waals surface area contributed by atoms with Gasteiger partial charge in [-0.3, -0.25) is 0 Å². The van der Waals surface area contributed by atoms with E-state index in [1.165, 1.54) is 0 Å². The summed E-state index contributed by atoms with van der Waals surface area (Å²) in [5, 5.41) is 0. The summed E-state index contributed by atoms with van der Waals surface area (Å²) in [6.07, 6.45) is -5.01. The van der Waals surface area contributed by atoms with Crippen LogP contribution >= 0.6 is 63.7 Å². The first kappa shape index (κ1) is 12.6. The predicted molar refractivity (Wildman–Crippen MR) is 48.3 cm³/mol. The lowest BCUT2D eigenvalue weighted by molar-refractivity contribution is -0.187. The second kappa shape index (κ2) is 3.42. The third-order valence-electron chi connectivity index (χ3n) is 0.712. The third-order valence-corrected chi connectivity index (χ3v) is 4.99. The van der Waals surface area contributed by atoms with Gasteiger partial charge in [-0.15, -0.1) is 0 Å². The fraction of sp³-hybridized carbons (Fsp3) is 1.00. The van der Waals surface area contributed by atoms with E-state index < -0.39 is 12.9 Å². The van der Waals surface area contributed by atoms with Crippen molar-refractivity contribution < 1.29 is 17.6 Å². The molecule has 1 unspecified atom stereocenters. The lowest BCUT2D eigenvalue weighted by atomic mass is 10.4. The molecule has 0 aliphatic rings. The fourth-order valence-electron chi connectivity index (χ4n) is 0.161. The molecule has 0 aliphatic carbocycles. The Morgan fingerprint density at radius 2 is 1.00 bits per heavy atom. The van der Waals surface area contributed by atoms with Crippen LogP contribution in [0.15, 0.2) is 0 Å². The first-order chi connectivity index (χ1) is 4.50. The summed E-state index contributed by atoms with van der Waals surface area (Å²) in [7, 11) is 0. The average Bonchev–Trinajstić information content (AvgIpc) is 1.58. The molecule has 0 fully saturated rings. The molecule has 0 aromatic heterocycles. The number of halogens is 8. The third kappa shape index (κ3) is 2.80. The Balaban J connectivity index is 4.75. The maximum absolute atomic E-state index is 12.8. The van der Waals surface area contributed by atoms with Crippen molar-refractivity contribution in [3.63, 3.8) is 0 Å². The summed E-state index contributed by atoms with van der Waals surface area (Å²) < 4.78 is 42.6. The molecule has 0 saturated heterocycles. The molecule has 0 rings (SSSR count). The molecule has 0 spiro atoms. The van der Waals surface area contributed by atoms with E-state index in [1.807, 2.05) is 15.9 Å². The molecular weight excluding hydrogens is 432 g/mol. The maximum atomic E-state index is 12.8. The van der Waals surface area contributed by atoms with Crippen molar-refractivity contribution in [2.75, 3.05) is 0 Å². The predicted octanol–water partition coefficient (Wildman–Crippen LogP) is 4.45. The molecule has 0 bridgehead atoms. The zero-order chi connectivity index (χ0) is 9.50. The highest BCUT2D eigenvalue weighted by Crippen LogP contribution is 2.57. The highest BCUT2D eigenvalue weighted by Gasteiger charge is 2.65. The highest BCUT2D eigenvalue weighted by atomic mass is 80.0. The molecule has 8 heteroatoms. The Kier molecular flexibility index (Phi) is 3.93. The summed E-state index contributed by atoms with van der Waals surface area (Å²) in [6.45, 7) is 0. The van der Waals surface area contributed by atoms with Crippen LogP contribution < -0.4 is 0 Å². The maximum Gasteiger partial charge on any atom is 0.435 e. The second-order valence-electron chi connectivity index (χ2n) is 1.57. The smallest absolute Gasteiger partial charge is 0.218 e. The number of hydrogen-bond acceptors (Lipinski definition) is 0. The number of hydrogen-bond donors (Lipinski definition) is 0. The van der Waals surface area contributed by atoms with E-state index in [4.69, 9.17) is 0 Å². The zero-order valence-corrected chi connectivity index (χ0v) is 10.9. The van der Waals surface area contributed by atoms with Crippen LogP contribution in [0.5, 0.6) is 0 Å². The zero-order valence-electron chi connectivity index (χ0n) is 4.52. The van der Waals surface area contributed by atoms with Crippen LogP contribution in [-0.4, -0.2) is 12.9 Å². The Morgan fingerprint density at radius 3 is 1.00 bits per heavy atom. The van der Waals surface area contributed by atoms with Gasteiger partial charge in [-0.05, 0) is 15.9 Å². The molecule has 0 saturated carbocycles. The molecule has 11 heavy (non-hydrogen) atoms. The van der Waals surface area contributed by atoms with E-state index in [0.717, 1.165) is 0 Å². The molecule has 0 amide bonds. The van der Waals surface area contributed by atoms with Gasteiger partial charge in [0.15, 0.2) is 2.14 Å². The SMILES string of the molecule is FC(F)(F)C(F)(Br)C(Br)(Br)Br. The molecular formula is C3Br4F4. The topological polar surface area (TPSA) is 0 Å². The molecule has 0 N–H and O–H groups in total. The Morgan fingerprint density at radius 1 is 0.727 bits per heavy atom. The van der Waals surface area contributed by atoms with E-state index in [9.17, 15) is 17.6 Å². The van der Waals surface area contributed by atoms with E-state index in [2.05, 4.69) is 47.8 Å². The van der Waals surface area contributed by atoms with E-state index in [0.29, 0.717) is 0 Å². The first-order valence-electron chi connectivity index (χ1n) is 2.01. The molecule has 0 nitrogen and oxygen atoms in total. The molecule has 0 aromatic carbocycles. The minimum atomic E-state index is -5.01. The van der Waals surface area contributed by atoms with Gasteiger partial charge >= 0.3 is 6.18 Å². The van der Waals surface area contributed by atoms with Gasteiger partial charge in [0, 0.05) is 0 Å². The van der Waals surface area contributed by atoms with E-state index in [-0.39, 0.29) is 0 Å². The van der Waals surface area contributed by atoms with Gasteiger partial charge < -0.3 is 0 Å². The minimum absolute atomic E-state index is 1.89. The van der Waals surface area contributed by atoms with Crippen LogP contribution in [0.2, 0.25) is 0 Å². The molecule has 0 heterocycles. The van der Waals surface area contributed by atoms with Gasteiger partial charge in [-0.1, -0.05) is 47.8 Å². The van der Waals surface area contributed by atoms with Crippen molar-refractivity contribution in [3.05, 3.63) is 0 Å². The fourth-order valence-corrected chi connectivity index (χ4v) is 0.835. The summed E-state index contributed by atoms with van der Waals surface area (Å²) in [6, 6.07) is 0. The number of rotatable bonds is 0. The van der Waals surface area contributed by atoms with Crippen molar-refractivity contribution >= 4 is 63.7 Å². The standard InChI is InChI=1S/C3Br4F4/c4-1(8,2(5,6)7)3(9,10)11. The van der Waals surface area contributed by atoms with E-state index in [1.54, 1.807) is 0 Å². The summed E-state index contributed by atoms with van der Waals surface area (Å²) in [5.41, 5.74) is 0. The van der Waals surface area contributed by atoms with Gasteiger partial charge in [-0.2, -0.15) is 13.2 Å². The highest BCUT2D eigenvalue weighted by molar-refractivity contribution is 9.40. The average molecular weight is 432 g/mol. The van der Waals surface area contributed by atoms with Crippen molar-refractivity contribution in [1.82, 2.24) is 0 Å². The van der Waals surface area contributed by atoms with Crippen LogP contribution in [-0.2, 0) is 0 Å². The van der Waals surface area contributed by atoms with Gasteiger partial charge in [0.05, 0.1) is 0 Å². The molecule has 0 aromatic rings. The molecule has 68 valence electrons. The lowest BCUT2D eigenvalue weighted by Gasteiger charge is -2.28. The van der Waals surface area contributed by atoms with Crippen molar-refractivity contribution in [2.24, 2.45) is 0 Å². The van der Waals surface area contributed by atoms with Gasteiger partial charge in [0.25, 0.3) is 4.58 Å². The summed E-state index contributed by atoms with van der Waals surface area (Å²) >= 11 is 9.17. The largest absolute Gasteiger partial charge is 0.435 e. The van der Waals surface area contributed by atoms with Crippen molar-refractivity contribution in [2.45, 2.75) is 12.9 Å². The molecule has 0 aliphatic heterocycles. The quantitative estimate of drug-likeness (QED) is 0.393. The molecule has 1 atom stereocenters. The molecule has 0 radical (unpaired) electrons. The summed E-state index contributed by atoms with van der Waals surface area (Å²) in [5.74, 6) is 0. The van der Waals surface area contributed by atoms with Crippen LogP contribution in [0.4, 0.5) is 17.6 Å². The van der Waals surface area contributed by atoms with Crippen molar-refractivity contribution in [1.29, 1.82) is 0 Å². The van der Waals surface area contributed by atoms with Gasteiger partial charge in [0.1, 0.15) is 0 Å². The van der Waals surface area contributed by atoms with Crippen LogP contribution in [0, 0.1) is 0 Å². The van der Waals surface area contributed by atoms with Gasteiger partial charge in [-0.25, -0.2) is 4.39 Å². The Hall–Kier alpha value is 1.64. The van der Waals surface area contributed by atoms with Crippen LogP contribution in [0.1, 0.15) is 0 Å². The monoisotopic (exact) mass is 428 g/mol. The van der Waals surface area contributed by atoms with Crippen LogP contribution in [0.3, 0.4) is 0 Å². The number of alkyl halides is 8. The van der Waals surface area contributed by atoms with Gasteiger partial charge in [0.2, 0.25) is 0 Å². The van der Waals surface area contributed by atoms with E-state index >= 15 is 0 Å². The second-order valence-corrected chi connectivity index (χ2v) is 9.42. The normalized spacial score (nSPS) is 19.6. The Labute approximate surface area is 93.6 Å². The van der Waals surface area contributed by atoms with Crippen LogP contribution in [0.25, 0.3) is 0 Å². The summed E-state index contributed by atoms with van der Waals surface area (Å²) in [4.78, 5) is 0. The first-order valence-corrected chi connectivity index (χ1v) is 5.18.